The summed E-state index contributed by atoms with van der Waals surface area (Å²) in [4.78, 5) is 5.58. The first-order valence-corrected chi connectivity index (χ1v) is 5.57. The number of aryl methyl sites for hydroxylation is 2. The van der Waals surface area contributed by atoms with Crippen LogP contribution >= 0.6 is 11.3 Å². The maximum atomic E-state index is 5.25. The van der Waals surface area contributed by atoms with Crippen LogP contribution in [0.15, 0.2) is 10.6 Å². The fraction of sp³-hybridized carbons (Fsp3) is 0.400. The number of hydrogen-bond acceptors (Lipinski definition) is 5. The van der Waals surface area contributed by atoms with Gasteiger partial charge in [-0.3, -0.25) is 0 Å². The Bertz CT molecular complexity index is 461. The highest BCUT2D eigenvalue weighted by atomic mass is 32.1. The van der Waals surface area contributed by atoms with Gasteiger partial charge in [-0.2, -0.15) is 0 Å². The molecule has 2 aromatic rings. The van der Waals surface area contributed by atoms with Gasteiger partial charge < -0.3 is 9.84 Å². The highest BCUT2D eigenvalue weighted by Gasteiger charge is 2.12. The zero-order valence-electron chi connectivity index (χ0n) is 9.00. The highest BCUT2D eigenvalue weighted by molar-refractivity contribution is 7.11. The molecule has 4 nitrogen and oxygen atoms in total. The average molecular weight is 223 g/mol. The molecule has 0 aliphatic rings. The second kappa shape index (κ2) is 4.12. The van der Waals surface area contributed by atoms with Crippen LogP contribution < -0.4 is 5.32 Å². The van der Waals surface area contributed by atoms with E-state index in [0.29, 0.717) is 6.54 Å². The van der Waals surface area contributed by atoms with Crippen molar-refractivity contribution >= 4 is 11.3 Å². The van der Waals surface area contributed by atoms with E-state index in [1.54, 1.807) is 11.3 Å². The first-order valence-electron chi connectivity index (χ1n) is 4.75. The van der Waals surface area contributed by atoms with Crippen molar-refractivity contribution in [3.05, 3.63) is 21.6 Å². The largest absolute Gasteiger partial charge is 0.354 e. The lowest BCUT2D eigenvalue weighted by Gasteiger charge is -1.89. The molecule has 0 atom stereocenters. The van der Waals surface area contributed by atoms with Crippen molar-refractivity contribution in [1.82, 2.24) is 15.5 Å². The maximum Gasteiger partial charge on any atom is 0.186 e. The molecule has 2 rings (SSSR count). The van der Waals surface area contributed by atoms with E-state index in [1.165, 1.54) is 4.88 Å². The van der Waals surface area contributed by atoms with E-state index in [-0.39, 0.29) is 0 Å². The summed E-state index contributed by atoms with van der Waals surface area (Å²) in [6, 6.07) is 1.93. The summed E-state index contributed by atoms with van der Waals surface area (Å²) >= 11 is 1.67. The Labute approximate surface area is 92.3 Å². The third-order valence-corrected chi connectivity index (χ3v) is 2.94. The predicted octanol–water partition coefficient (Wildman–Crippen LogP) is 2.13. The minimum absolute atomic E-state index is 0.714. The molecule has 2 aromatic heterocycles. The molecular formula is C10H13N3OS. The summed E-state index contributed by atoms with van der Waals surface area (Å²) in [5, 5.41) is 8.04. The van der Waals surface area contributed by atoms with E-state index in [9.17, 15) is 0 Å². The molecule has 0 unspecified atom stereocenters. The molecule has 1 N–H and O–H groups in total. The van der Waals surface area contributed by atoms with Crippen molar-refractivity contribution in [3.8, 4) is 11.5 Å². The molecule has 5 heteroatoms. The van der Waals surface area contributed by atoms with Gasteiger partial charge in [-0.15, -0.1) is 11.3 Å². The maximum absolute atomic E-state index is 5.25. The Balaban J connectivity index is 2.32. The molecule has 0 spiro atoms. The molecule has 0 aliphatic heterocycles. The third-order valence-electron chi connectivity index (χ3n) is 2.05. The number of rotatable bonds is 3. The second-order valence-electron chi connectivity index (χ2n) is 3.35. The van der Waals surface area contributed by atoms with Gasteiger partial charge in [0.15, 0.2) is 5.76 Å². The molecular weight excluding hydrogens is 210 g/mol. The van der Waals surface area contributed by atoms with Crippen molar-refractivity contribution in [2.24, 2.45) is 0 Å². The van der Waals surface area contributed by atoms with E-state index in [2.05, 4.69) is 15.5 Å². The Hall–Kier alpha value is -1.20. The van der Waals surface area contributed by atoms with Crippen LogP contribution in [0.25, 0.3) is 11.5 Å². The zero-order valence-corrected chi connectivity index (χ0v) is 9.81. The van der Waals surface area contributed by atoms with Gasteiger partial charge in [0.05, 0.1) is 10.7 Å². The molecule has 0 bridgehead atoms. The van der Waals surface area contributed by atoms with Crippen LogP contribution in [-0.4, -0.2) is 17.2 Å². The van der Waals surface area contributed by atoms with Gasteiger partial charge in [0.2, 0.25) is 0 Å². The molecule has 0 amide bonds. The molecule has 0 aromatic carbocycles. The van der Waals surface area contributed by atoms with Crippen LogP contribution in [0.4, 0.5) is 0 Å². The summed E-state index contributed by atoms with van der Waals surface area (Å²) in [5.74, 6) is 0.752. The summed E-state index contributed by atoms with van der Waals surface area (Å²) in [7, 11) is 1.88. The molecule has 0 radical (unpaired) electrons. The fourth-order valence-electron chi connectivity index (χ4n) is 1.45. The Morgan fingerprint density at radius 2 is 2.27 bits per heavy atom. The lowest BCUT2D eigenvalue weighted by Crippen LogP contribution is -2.04. The number of nitrogens with one attached hydrogen (secondary N) is 1. The molecule has 0 aliphatic carbocycles. The van der Waals surface area contributed by atoms with Crippen molar-refractivity contribution in [2.45, 2.75) is 20.4 Å². The zero-order chi connectivity index (χ0) is 10.8. The van der Waals surface area contributed by atoms with Crippen molar-refractivity contribution in [3.63, 3.8) is 0 Å². The van der Waals surface area contributed by atoms with E-state index in [0.717, 1.165) is 22.2 Å². The highest BCUT2D eigenvalue weighted by Crippen LogP contribution is 2.27. The summed E-state index contributed by atoms with van der Waals surface area (Å²) in [6.45, 7) is 4.75. The Morgan fingerprint density at radius 3 is 2.87 bits per heavy atom. The summed E-state index contributed by atoms with van der Waals surface area (Å²) in [5.41, 5.74) is 1.81. The first kappa shape index (κ1) is 10.3. The number of aromatic nitrogens is 2. The minimum Gasteiger partial charge on any atom is -0.354 e. The van der Waals surface area contributed by atoms with Gasteiger partial charge in [0.1, 0.15) is 5.69 Å². The van der Waals surface area contributed by atoms with Crippen LogP contribution in [0.3, 0.4) is 0 Å². The smallest absolute Gasteiger partial charge is 0.186 e. The van der Waals surface area contributed by atoms with Gasteiger partial charge in [0.25, 0.3) is 0 Å². The number of hydrogen-bond donors (Lipinski definition) is 1. The minimum atomic E-state index is 0.714. The monoisotopic (exact) mass is 223 g/mol. The van der Waals surface area contributed by atoms with Gasteiger partial charge in [-0.25, -0.2) is 4.98 Å². The molecule has 0 saturated heterocycles. The first-order chi connectivity index (χ1) is 7.20. The Morgan fingerprint density at radius 1 is 1.47 bits per heavy atom. The van der Waals surface area contributed by atoms with E-state index >= 15 is 0 Å². The molecule has 0 fully saturated rings. The van der Waals surface area contributed by atoms with E-state index in [4.69, 9.17) is 4.52 Å². The SMILES string of the molecule is CNCc1cc(-c2nc(C)sc2C)on1. The molecule has 15 heavy (non-hydrogen) atoms. The van der Waals surface area contributed by atoms with Crippen LogP contribution in [-0.2, 0) is 6.54 Å². The van der Waals surface area contributed by atoms with Crippen LogP contribution in [0.5, 0.6) is 0 Å². The number of thiazole rings is 1. The lowest BCUT2D eigenvalue weighted by atomic mass is 10.3. The topological polar surface area (TPSA) is 51.0 Å². The quantitative estimate of drug-likeness (QED) is 0.866. The van der Waals surface area contributed by atoms with Crippen molar-refractivity contribution in [2.75, 3.05) is 7.05 Å². The van der Waals surface area contributed by atoms with Gasteiger partial charge in [-0.1, -0.05) is 5.16 Å². The third kappa shape index (κ3) is 2.08. The van der Waals surface area contributed by atoms with Crippen molar-refractivity contribution in [1.29, 1.82) is 0 Å². The standard InChI is InChI=1S/C10H13N3OS/c1-6-10(12-7(2)15-6)9-4-8(5-11-3)13-14-9/h4,11H,5H2,1-3H3. The normalized spacial score (nSPS) is 10.9. The molecule has 80 valence electrons. The molecule has 0 saturated carbocycles. The number of nitrogens with zero attached hydrogens (tertiary/aromatic N) is 2. The summed E-state index contributed by atoms with van der Waals surface area (Å²) < 4.78 is 5.25. The van der Waals surface area contributed by atoms with Crippen LogP contribution in [0, 0.1) is 13.8 Å². The lowest BCUT2D eigenvalue weighted by molar-refractivity contribution is 0.420. The van der Waals surface area contributed by atoms with Crippen molar-refractivity contribution < 1.29 is 4.52 Å². The predicted molar refractivity (Wildman–Crippen MR) is 59.8 cm³/mol. The van der Waals surface area contributed by atoms with E-state index in [1.807, 2.05) is 27.0 Å². The fourth-order valence-corrected chi connectivity index (χ4v) is 2.27. The van der Waals surface area contributed by atoms with Gasteiger partial charge >= 0.3 is 0 Å². The van der Waals surface area contributed by atoms with Crippen LogP contribution in [0.2, 0.25) is 0 Å². The van der Waals surface area contributed by atoms with Crippen LogP contribution in [0.1, 0.15) is 15.6 Å². The van der Waals surface area contributed by atoms with Gasteiger partial charge in [-0.05, 0) is 20.9 Å². The molecule has 2 heterocycles. The second-order valence-corrected chi connectivity index (χ2v) is 4.76. The Kier molecular flexibility index (Phi) is 2.83. The van der Waals surface area contributed by atoms with Gasteiger partial charge in [0, 0.05) is 17.5 Å². The average Bonchev–Trinajstić information content (AvgIpc) is 2.73. The summed E-state index contributed by atoms with van der Waals surface area (Å²) in [6.07, 6.45) is 0. The van der Waals surface area contributed by atoms with E-state index < -0.39 is 0 Å².